The second-order valence-corrected chi connectivity index (χ2v) is 5.41. The molecular formula is C10H12N2O2S. The average Bonchev–Trinajstić information content (AvgIpc) is 2.58. The third-order valence-electron chi connectivity index (χ3n) is 2.36. The number of fused-ring (bicyclic) bond motifs is 1. The molecule has 0 amide bonds. The molecule has 1 aromatic heterocycles. The van der Waals surface area contributed by atoms with Crippen LogP contribution in [0.3, 0.4) is 0 Å². The Morgan fingerprint density at radius 2 is 1.87 bits per heavy atom. The van der Waals surface area contributed by atoms with E-state index in [1.807, 2.05) is 30.3 Å². The van der Waals surface area contributed by atoms with Crippen molar-refractivity contribution in [2.24, 2.45) is 0 Å². The molecule has 0 atom stereocenters. The van der Waals surface area contributed by atoms with E-state index in [0.29, 0.717) is 0 Å². The molecule has 5 heteroatoms. The van der Waals surface area contributed by atoms with Crippen LogP contribution in [-0.4, -0.2) is 26.4 Å². The van der Waals surface area contributed by atoms with Crippen LogP contribution in [0.15, 0.2) is 36.5 Å². The van der Waals surface area contributed by atoms with E-state index >= 15 is 0 Å². The number of sulfonamides is 1. The van der Waals surface area contributed by atoms with Gasteiger partial charge in [0.05, 0.1) is 11.8 Å². The molecule has 0 saturated carbocycles. The summed E-state index contributed by atoms with van der Waals surface area (Å²) in [7, 11) is -1.69. The molecule has 0 unspecified atom stereocenters. The van der Waals surface area contributed by atoms with Crippen molar-refractivity contribution in [3.8, 4) is 0 Å². The second kappa shape index (κ2) is 3.27. The highest BCUT2D eigenvalue weighted by atomic mass is 32.2. The molecule has 0 bridgehead atoms. The SMILES string of the molecule is CN(n1ccc2ccccc21)S(C)(=O)=O. The monoisotopic (exact) mass is 224 g/mol. The molecule has 0 spiro atoms. The van der Waals surface area contributed by atoms with Gasteiger partial charge in [0.2, 0.25) is 10.0 Å². The number of hydrogen-bond acceptors (Lipinski definition) is 2. The van der Waals surface area contributed by atoms with Crippen LogP contribution in [0, 0.1) is 0 Å². The maximum atomic E-state index is 11.4. The van der Waals surface area contributed by atoms with Gasteiger partial charge in [-0.15, -0.1) is 0 Å². The van der Waals surface area contributed by atoms with Crippen LogP contribution in [0.1, 0.15) is 0 Å². The first-order valence-electron chi connectivity index (χ1n) is 4.50. The first-order valence-corrected chi connectivity index (χ1v) is 6.35. The summed E-state index contributed by atoms with van der Waals surface area (Å²) >= 11 is 0. The van der Waals surface area contributed by atoms with Crippen LogP contribution in [-0.2, 0) is 10.0 Å². The van der Waals surface area contributed by atoms with Gasteiger partial charge in [-0.1, -0.05) is 18.2 Å². The summed E-state index contributed by atoms with van der Waals surface area (Å²) < 4.78 is 25.6. The Balaban J connectivity index is 2.63. The summed E-state index contributed by atoms with van der Waals surface area (Å²) in [6, 6.07) is 9.53. The fourth-order valence-electron chi connectivity index (χ4n) is 1.47. The van der Waals surface area contributed by atoms with E-state index in [1.165, 1.54) is 17.7 Å². The molecule has 80 valence electrons. The summed E-state index contributed by atoms with van der Waals surface area (Å²) in [5, 5.41) is 1.02. The van der Waals surface area contributed by atoms with E-state index in [-0.39, 0.29) is 0 Å². The van der Waals surface area contributed by atoms with Gasteiger partial charge in [0.1, 0.15) is 0 Å². The Labute approximate surface area is 88.8 Å². The van der Waals surface area contributed by atoms with E-state index in [2.05, 4.69) is 0 Å². The number of rotatable bonds is 2. The van der Waals surface area contributed by atoms with Crippen molar-refractivity contribution in [1.82, 2.24) is 4.68 Å². The summed E-state index contributed by atoms with van der Waals surface area (Å²) in [4.78, 5) is 0. The molecule has 0 aliphatic rings. The van der Waals surface area contributed by atoms with E-state index < -0.39 is 10.0 Å². The van der Waals surface area contributed by atoms with Crippen LogP contribution in [0.25, 0.3) is 10.9 Å². The number of nitrogens with zero attached hydrogens (tertiary/aromatic N) is 2. The lowest BCUT2D eigenvalue weighted by molar-refractivity contribution is 0.587. The van der Waals surface area contributed by atoms with Gasteiger partial charge in [-0.05, 0) is 12.1 Å². The molecule has 1 aromatic carbocycles. The fraction of sp³-hybridized carbons (Fsp3) is 0.200. The summed E-state index contributed by atoms with van der Waals surface area (Å²) in [6.45, 7) is 0. The number of aromatic nitrogens is 1. The molecule has 2 rings (SSSR count). The quantitative estimate of drug-likeness (QED) is 0.768. The lowest BCUT2D eigenvalue weighted by Gasteiger charge is -2.18. The molecule has 0 fully saturated rings. The maximum Gasteiger partial charge on any atom is 0.245 e. The van der Waals surface area contributed by atoms with Crippen molar-refractivity contribution in [3.63, 3.8) is 0 Å². The Morgan fingerprint density at radius 1 is 1.20 bits per heavy atom. The highest BCUT2D eigenvalue weighted by Gasteiger charge is 2.12. The number of hydrogen-bond donors (Lipinski definition) is 0. The second-order valence-electron chi connectivity index (χ2n) is 3.42. The van der Waals surface area contributed by atoms with E-state index in [0.717, 1.165) is 10.9 Å². The number of benzene rings is 1. The molecular weight excluding hydrogens is 212 g/mol. The molecule has 1 heterocycles. The zero-order valence-corrected chi connectivity index (χ0v) is 9.40. The normalized spacial score (nSPS) is 11.9. The zero-order valence-electron chi connectivity index (χ0n) is 8.58. The Kier molecular flexibility index (Phi) is 2.19. The van der Waals surface area contributed by atoms with E-state index in [1.54, 1.807) is 10.9 Å². The van der Waals surface area contributed by atoms with Crippen LogP contribution in [0.5, 0.6) is 0 Å². The van der Waals surface area contributed by atoms with Gasteiger partial charge in [0.15, 0.2) is 0 Å². The zero-order chi connectivity index (χ0) is 11.1. The minimum atomic E-state index is -3.22. The van der Waals surface area contributed by atoms with Crippen molar-refractivity contribution in [2.45, 2.75) is 0 Å². The van der Waals surface area contributed by atoms with Crippen molar-refractivity contribution < 1.29 is 8.42 Å². The summed E-state index contributed by atoms with van der Waals surface area (Å²) in [6.07, 6.45) is 2.92. The molecule has 0 aliphatic carbocycles. The van der Waals surface area contributed by atoms with Crippen LogP contribution >= 0.6 is 0 Å². The standard InChI is InChI=1S/C10H12N2O2S/c1-11(15(2,13)14)12-8-7-9-5-3-4-6-10(9)12/h3-8H,1-2H3. The van der Waals surface area contributed by atoms with Crippen molar-refractivity contribution in [1.29, 1.82) is 0 Å². The predicted molar refractivity (Wildman–Crippen MR) is 60.9 cm³/mol. The van der Waals surface area contributed by atoms with E-state index in [4.69, 9.17) is 0 Å². The van der Waals surface area contributed by atoms with Gasteiger partial charge < -0.3 is 0 Å². The highest BCUT2D eigenvalue weighted by Crippen LogP contribution is 2.15. The van der Waals surface area contributed by atoms with Crippen molar-refractivity contribution >= 4 is 20.9 Å². The third kappa shape index (κ3) is 1.70. The molecule has 2 aromatic rings. The highest BCUT2D eigenvalue weighted by molar-refractivity contribution is 7.91. The summed E-state index contributed by atoms with van der Waals surface area (Å²) in [5.74, 6) is 0. The minimum Gasteiger partial charge on any atom is -0.251 e. The molecule has 0 aliphatic heterocycles. The first kappa shape index (κ1) is 10.0. The van der Waals surface area contributed by atoms with Gasteiger partial charge >= 0.3 is 0 Å². The van der Waals surface area contributed by atoms with E-state index in [9.17, 15) is 8.42 Å². The first-order chi connectivity index (χ1) is 7.00. The molecule has 0 saturated heterocycles. The molecule has 0 radical (unpaired) electrons. The van der Waals surface area contributed by atoms with Gasteiger partial charge in [-0.2, -0.15) is 0 Å². The lowest BCUT2D eigenvalue weighted by atomic mass is 10.3. The Bertz CT molecular complexity index is 586. The third-order valence-corrected chi connectivity index (χ3v) is 3.50. The smallest absolute Gasteiger partial charge is 0.245 e. The topological polar surface area (TPSA) is 42.3 Å². The molecule has 15 heavy (non-hydrogen) atoms. The predicted octanol–water partition coefficient (Wildman–Crippen LogP) is 1.17. The van der Waals surface area contributed by atoms with Crippen LogP contribution < -0.4 is 4.41 Å². The van der Waals surface area contributed by atoms with Crippen molar-refractivity contribution in [2.75, 3.05) is 17.7 Å². The Morgan fingerprint density at radius 3 is 2.53 bits per heavy atom. The van der Waals surface area contributed by atoms with Gasteiger partial charge in [0.25, 0.3) is 0 Å². The molecule has 4 nitrogen and oxygen atoms in total. The van der Waals surface area contributed by atoms with Crippen molar-refractivity contribution in [3.05, 3.63) is 36.5 Å². The number of para-hydroxylation sites is 1. The van der Waals surface area contributed by atoms with Gasteiger partial charge in [-0.3, -0.25) is 4.68 Å². The largest absolute Gasteiger partial charge is 0.251 e. The van der Waals surface area contributed by atoms with Gasteiger partial charge in [-0.25, -0.2) is 12.8 Å². The maximum absolute atomic E-state index is 11.4. The van der Waals surface area contributed by atoms with Crippen LogP contribution in [0.2, 0.25) is 0 Å². The van der Waals surface area contributed by atoms with Gasteiger partial charge in [0, 0.05) is 18.6 Å². The fourth-order valence-corrected chi connectivity index (χ4v) is 1.94. The Hall–Kier alpha value is -1.49. The summed E-state index contributed by atoms with van der Waals surface area (Å²) in [5.41, 5.74) is 0.880. The van der Waals surface area contributed by atoms with Crippen LogP contribution in [0.4, 0.5) is 0 Å². The average molecular weight is 224 g/mol. The minimum absolute atomic E-state index is 0.880. The molecule has 0 N–H and O–H groups in total. The lowest BCUT2D eigenvalue weighted by Crippen LogP contribution is -2.34.